The molecule has 1 atom stereocenters. The minimum atomic E-state index is -0.165. The van der Waals surface area contributed by atoms with Crippen LogP contribution in [-0.4, -0.2) is 33.9 Å². The molecule has 1 amide bonds. The van der Waals surface area contributed by atoms with Crippen molar-refractivity contribution < 1.29 is 9.90 Å². The van der Waals surface area contributed by atoms with Crippen LogP contribution in [0.5, 0.6) is 0 Å². The quantitative estimate of drug-likeness (QED) is 0.672. The molecule has 1 rings (SSSR count). The number of amides is 1. The third-order valence-electron chi connectivity index (χ3n) is 2.42. The number of carbonyl (C=O) groups excluding carboxylic acids is 1. The normalized spacial score (nSPS) is 12.4. The fourth-order valence-corrected chi connectivity index (χ4v) is 1.43. The first kappa shape index (κ1) is 12.7. The summed E-state index contributed by atoms with van der Waals surface area (Å²) in [5.41, 5.74) is 1.38. The zero-order valence-corrected chi connectivity index (χ0v) is 9.79. The molecule has 0 spiro atoms. The van der Waals surface area contributed by atoms with Crippen molar-refractivity contribution in [1.82, 2.24) is 15.5 Å². The molecule has 1 aromatic heterocycles. The minimum absolute atomic E-state index is 0.0569. The van der Waals surface area contributed by atoms with Gasteiger partial charge in [-0.15, -0.1) is 0 Å². The average Bonchev–Trinajstić information content (AvgIpc) is 2.74. The molecule has 1 aromatic rings. The first-order valence-corrected chi connectivity index (χ1v) is 5.63. The molecule has 90 valence electrons. The summed E-state index contributed by atoms with van der Waals surface area (Å²) in [7, 11) is 0. The van der Waals surface area contributed by atoms with Crippen LogP contribution in [0.1, 0.15) is 42.9 Å². The Balaban J connectivity index is 2.45. The van der Waals surface area contributed by atoms with Crippen LogP contribution in [0.4, 0.5) is 0 Å². The van der Waals surface area contributed by atoms with Crippen LogP contribution in [0.15, 0.2) is 6.07 Å². The molecular weight excluding hydrogens is 206 g/mol. The first-order valence-electron chi connectivity index (χ1n) is 5.63. The highest BCUT2D eigenvalue weighted by Gasteiger charge is 2.12. The number of rotatable bonds is 6. The second kappa shape index (κ2) is 6.27. The largest absolute Gasteiger partial charge is 0.396 e. The summed E-state index contributed by atoms with van der Waals surface area (Å²) in [6.45, 7) is 4.07. The molecule has 0 fully saturated rings. The number of aliphatic hydroxyl groups excluding tert-OH is 1. The number of nitrogens with zero attached hydrogens (tertiary/aromatic N) is 1. The fourth-order valence-electron chi connectivity index (χ4n) is 1.43. The van der Waals surface area contributed by atoms with Gasteiger partial charge < -0.3 is 10.4 Å². The Morgan fingerprint density at radius 3 is 3.00 bits per heavy atom. The Morgan fingerprint density at radius 2 is 2.44 bits per heavy atom. The number of hydrogen-bond acceptors (Lipinski definition) is 3. The van der Waals surface area contributed by atoms with Crippen LogP contribution in [-0.2, 0) is 6.42 Å². The van der Waals surface area contributed by atoms with Gasteiger partial charge in [-0.1, -0.05) is 6.92 Å². The molecule has 0 bridgehead atoms. The second-order valence-electron chi connectivity index (χ2n) is 3.87. The van der Waals surface area contributed by atoms with Crippen LogP contribution < -0.4 is 5.32 Å². The molecule has 0 aliphatic rings. The van der Waals surface area contributed by atoms with Crippen molar-refractivity contribution in [3.05, 3.63) is 17.5 Å². The van der Waals surface area contributed by atoms with Crippen molar-refractivity contribution in [2.45, 2.75) is 39.2 Å². The molecule has 1 unspecified atom stereocenters. The summed E-state index contributed by atoms with van der Waals surface area (Å²) in [4.78, 5) is 11.7. The van der Waals surface area contributed by atoms with Crippen LogP contribution in [0.3, 0.4) is 0 Å². The Labute approximate surface area is 95.3 Å². The van der Waals surface area contributed by atoms with Crippen LogP contribution in [0.25, 0.3) is 0 Å². The summed E-state index contributed by atoms with van der Waals surface area (Å²) in [6.07, 6.45) is 2.30. The molecule has 5 heteroatoms. The van der Waals surface area contributed by atoms with Gasteiger partial charge in [-0.3, -0.25) is 9.89 Å². The first-order chi connectivity index (χ1) is 7.67. The number of aromatic nitrogens is 2. The molecule has 16 heavy (non-hydrogen) atoms. The van der Waals surface area contributed by atoms with Crippen LogP contribution in [0, 0.1) is 0 Å². The van der Waals surface area contributed by atoms with E-state index in [4.69, 9.17) is 5.11 Å². The maximum absolute atomic E-state index is 11.7. The van der Waals surface area contributed by atoms with Gasteiger partial charge in [0.05, 0.1) is 0 Å². The van der Waals surface area contributed by atoms with Gasteiger partial charge in [0.2, 0.25) is 0 Å². The predicted molar refractivity (Wildman–Crippen MR) is 61.2 cm³/mol. The SMILES string of the molecule is CCc1cc(C(=O)NC(C)CCCO)n[nH]1. The molecule has 1 heterocycles. The molecular formula is C11H19N3O2. The van der Waals surface area contributed by atoms with Crippen LogP contribution in [0.2, 0.25) is 0 Å². The minimum Gasteiger partial charge on any atom is -0.396 e. The number of nitrogens with one attached hydrogen (secondary N) is 2. The Hall–Kier alpha value is -1.36. The monoisotopic (exact) mass is 225 g/mol. The molecule has 0 aliphatic carbocycles. The number of carbonyl (C=O) groups is 1. The fraction of sp³-hybridized carbons (Fsp3) is 0.636. The van der Waals surface area contributed by atoms with E-state index in [0.717, 1.165) is 18.5 Å². The van der Waals surface area contributed by atoms with Gasteiger partial charge in [-0.2, -0.15) is 5.10 Å². The summed E-state index contributed by atoms with van der Waals surface area (Å²) in [6, 6.07) is 1.81. The lowest BCUT2D eigenvalue weighted by Gasteiger charge is -2.11. The van der Waals surface area contributed by atoms with E-state index in [9.17, 15) is 4.79 Å². The number of aryl methyl sites for hydroxylation is 1. The van der Waals surface area contributed by atoms with Gasteiger partial charge in [0.25, 0.3) is 5.91 Å². The molecule has 0 radical (unpaired) electrons. The molecule has 5 nitrogen and oxygen atoms in total. The van der Waals surface area contributed by atoms with E-state index < -0.39 is 0 Å². The summed E-state index contributed by atoms with van der Waals surface area (Å²) in [5.74, 6) is -0.165. The molecule has 3 N–H and O–H groups in total. The summed E-state index contributed by atoms with van der Waals surface area (Å²) < 4.78 is 0. The van der Waals surface area contributed by atoms with E-state index in [1.165, 1.54) is 0 Å². The van der Waals surface area contributed by atoms with Crippen molar-refractivity contribution >= 4 is 5.91 Å². The van der Waals surface area contributed by atoms with Crippen molar-refractivity contribution in [2.24, 2.45) is 0 Å². The summed E-state index contributed by atoms with van der Waals surface area (Å²) >= 11 is 0. The van der Waals surface area contributed by atoms with E-state index >= 15 is 0 Å². The van der Waals surface area contributed by atoms with E-state index in [1.54, 1.807) is 6.07 Å². The lowest BCUT2D eigenvalue weighted by atomic mass is 10.2. The number of hydrogen-bond donors (Lipinski definition) is 3. The molecule has 0 saturated carbocycles. The molecule has 0 aromatic carbocycles. The molecule has 0 aliphatic heterocycles. The highest BCUT2D eigenvalue weighted by molar-refractivity contribution is 5.92. The Morgan fingerprint density at radius 1 is 1.69 bits per heavy atom. The van der Waals surface area contributed by atoms with E-state index in [0.29, 0.717) is 12.1 Å². The number of aromatic amines is 1. The van der Waals surface area contributed by atoms with Gasteiger partial charge in [0.1, 0.15) is 5.69 Å². The third kappa shape index (κ3) is 3.66. The van der Waals surface area contributed by atoms with E-state index in [1.807, 2.05) is 13.8 Å². The summed E-state index contributed by atoms with van der Waals surface area (Å²) in [5, 5.41) is 18.2. The van der Waals surface area contributed by atoms with Gasteiger partial charge >= 0.3 is 0 Å². The smallest absolute Gasteiger partial charge is 0.271 e. The van der Waals surface area contributed by atoms with Gasteiger partial charge in [-0.25, -0.2) is 0 Å². The Kier molecular flexibility index (Phi) is 4.98. The van der Waals surface area contributed by atoms with Crippen LogP contribution >= 0.6 is 0 Å². The van der Waals surface area contributed by atoms with Gasteiger partial charge in [0.15, 0.2) is 0 Å². The highest BCUT2D eigenvalue weighted by atomic mass is 16.3. The average molecular weight is 225 g/mol. The van der Waals surface area contributed by atoms with Gasteiger partial charge in [-0.05, 0) is 32.3 Å². The maximum Gasteiger partial charge on any atom is 0.271 e. The van der Waals surface area contributed by atoms with Crippen molar-refractivity contribution in [1.29, 1.82) is 0 Å². The lowest BCUT2D eigenvalue weighted by molar-refractivity contribution is 0.0931. The maximum atomic E-state index is 11.7. The van der Waals surface area contributed by atoms with Crippen molar-refractivity contribution in [2.75, 3.05) is 6.61 Å². The highest BCUT2D eigenvalue weighted by Crippen LogP contribution is 2.02. The van der Waals surface area contributed by atoms with Gasteiger partial charge in [0, 0.05) is 18.3 Å². The van der Waals surface area contributed by atoms with Crippen molar-refractivity contribution in [3.63, 3.8) is 0 Å². The zero-order chi connectivity index (χ0) is 12.0. The topological polar surface area (TPSA) is 78.0 Å². The molecule has 0 saturated heterocycles. The standard InChI is InChI=1S/C11H19N3O2/c1-3-9-7-10(14-13-9)11(16)12-8(2)5-4-6-15/h7-8,15H,3-6H2,1-2H3,(H,12,16)(H,13,14). The third-order valence-corrected chi connectivity index (χ3v) is 2.42. The number of H-pyrrole nitrogens is 1. The zero-order valence-electron chi connectivity index (χ0n) is 9.79. The Bertz CT molecular complexity index is 336. The van der Waals surface area contributed by atoms with E-state index in [2.05, 4.69) is 15.5 Å². The second-order valence-corrected chi connectivity index (χ2v) is 3.87. The van der Waals surface area contributed by atoms with E-state index in [-0.39, 0.29) is 18.6 Å². The predicted octanol–water partition coefficient (Wildman–Crippen LogP) is 0.863. The lowest BCUT2D eigenvalue weighted by Crippen LogP contribution is -2.32. The number of aliphatic hydroxyl groups is 1. The van der Waals surface area contributed by atoms with Crippen molar-refractivity contribution in [3.8, 4) is 0 Å².